The maximum absolute atomic E-state index is 11.0. The molecule has 0 unspecified atom stereocenters. The monoisotopic (exact) mass is 362 g/mol. The summed E-state index contributed by atoms with van der Waals surface area (Å²) < 4.78 is 0. The summed E-state index contributed by atoms with van der Waals surface area (Å²) in [5.41, 5.74) is 4.12. The SMILES string of the molecule is O=C(O)c1ccc(CC/C=C(\c2ccc(C(=O)O)cc2)c2c[nH]cn2)cc1. The van der Waals surface area contributed by atoms with E-state index in [-0.39, 0.29) is 11.1 Å². The number of nitrogens with one attached hydrogen (secondary N) is 1. The quantitative estimate of drug-likeness (QED) is 0.592. The molecular weight excluding hydrogens is 344 g/mol. The van der Waals surface area contributed by atoms with Crippen molar-refractivity contribution in [2.45, 2.75) is 12.8 Å². The molecule has 0 aliphatic heterocycles. The van der Waals surface area contributed by atoms with Crippen molar-refractivity contribution in [2.24, 2.45) is 0 Å². The van der Waals surface area contributed by atoms with Crippen LogP contribution in [0.2, 0.25) is 0 Å². The number of aromatic carboxylic acids is 2. The molecule has 1 heterocycles. The summed E-state index contributed by atoms with van der Waals surface area (Å²) in [6.07, 6.45) is 6.92. The molecule has 0 atom stereocenters. The molecule has 0 aliphatic rings. The average Bonchev–Trinajstić information content (AvgIpc) is 3.20. The van der Waals surface area contributed by atoms with Crippen LogP contribution < -0.4 is 0 Å². The number of H-pyrrole nitrogens is 1. The highest BCUT2D eigenvalue weighted by Crippen LogP contribution is 2.23. The van der Waals surface area contributed by atoms with Gasteiger partial charge in [0.1, 0.15) is 0 Å². The topological polar surface area (TPSA) is 103 Å². The van der Waals surface area contributed by atoms with E-state index in [9.17, 15) is 9.59 Å². The van der Waals surface area contributed by atoms with Gasteiger partial charge in [0.05, 0.1) is 23.1 Å². The lowest BCUT2D eigenvalue weighted by Gasteiger charge is -2.07. The normalized spacial score (nSPS) is 11.3. The molecule has 0 saturated heterocycles. The van der Waals surface area contributed by atoms with Gasteiger partial charge < -0.3 is 15.2 Å². The molecule has 0 amide bonds. The number of aromatic amines is 1. The zero-order chi connectivity index (χ0) is 19.2. The minimum Gasteiger partial charge on any atom is -0.478 e. The Morgan fingerprint density at radius 2 is 1.44 bits per heavy atom. The smallest absolute Gasteiger partial charge is 0.335 e. The number of carboxylic acid groups (broad SMARTS) is 2. The number of imidazole rings is 1. The van der Waals surface area contributed by atoms with Crippen LogP contribution in [0.25, 0.3) is 5.57 Å². The van der Waals surface area contributed by atoms with E-state index in [1.165, 1.54) is 0 Å². The van der Waals surface area contributed by atoms with Gasteiger partial charge in [-0.1, -0.05) is 30.3 Å². The molecule has 0 spiro atoms. The van der Waals surface area contributed by atoms with Gasteiger partial charge in [0.2, 0.25) is 0 Å². The third-order valence-corrected chi connectivity index (χ3v) is 4.20. The molecule has 0 radical (unpaired) electrons. The van der Waals surface area contributed by atoms with Gasteiger partial charge in [-0.25, -0.2) is 14.6 Å². The Morgan fingerprint density at radius 3 is 1.96 bits per heavy atom. The van der Waals surface area contributed by atoms with Gasteiger partial charge >= 0.3 is 11.9 Å². The average molecular weight is 362 g/mol. The van der Waals surface area contributed by atoms with E-state index in [0.717, 1.165) is 35.2 Å². The molecular formula is C21H18N2O4. The lowest BCUT2D eigenvalue weighted by Crippen LogP contribution is -1.97. The molecule has 0 bridgehead atoms. The first-order chi connectivity index (χ1) is 13.0. The first-order valence-corrected chi connectivity index (χ1v) is 8.40. The molecule has 6 nitrogen and oxygen atoms in total. The summed E-state index contributed by atoms with van der Waals surface area (Å²) in [6, 6.07) is 13.5. The van der Waals surface area contributed by atoms with Crippen molar-refractivity contribution in [3.63, 3.8) is 0 Å². The Morgan fingerprint density at radius 1 is 0.889 bits per heavy atom. The van der Waals surface area contributed by atoms with Crippen LogP contribution in [-0.4, -0.2) is 32.1 Å². The van der Waals surface area contributed by atoms with E-state index in [1.54, 1.807) is 48.9 Å². The van der Waals surface area contributed by atoms with Gasteiger partial charge in [-0.15, -0.1) is 0 Å². The van der Waals surface area contributed by atoms with Crippen molar-refractivity contribution < 1.29 is 19.8 Å². The largest absolute Gasteiger partial charge is 0.478 e. The fourth-order valence-electron chi connectivity index (χ4n) is 2.77. The highest BCUT2D eigenvalue weighted by molar-refractivity contribution is 5.89. The number of rotatable bonds is 7. The van der Waals surface area contributed by atoms with Gasteiger partial charge in [-0.2, -0.15) is 0 Å². The van der Waals surface area contributed by atoms with E-state index >= 15 is 0 Å². The highest BCUT2D eigenvalue weighted by Gasteiger charge is 2.09. The van der Waals surface area contributed by atoms with Crippen LogP contribution in [0.4, 0.5) is 0 Å². The number of nitrogens with zero attached hydrogens (tertiary/aromatic N) is 1. The first-order valence-electron chi connectivity index (χ1n) is 8.40. The van der Waals surface area contributed by atoms with E-state index in [4.69, 9.17) is 10.2 Å². The summed E-state index contributed by atoms with van der Waals surface area (Å²) in [6.45, 7) is 0. The number of carbonyl (C=O) groups is 2. The lowest BCUT2D eigenvalue weighted by molar-refractivity contribution is 0.0686. The van der Waals surface area contributed by atoms with Crippen molar-refractivity contribution in [3.05, 3.63) is 95.1 Å². The molecule has 1 aromatic heterocycles. The maximum Gasteiger partial charge on any atom is 0.335 e. The summed E-state index contributed by atoms with van der Waals surface area (Å²) in [5, 5.41) is 18.0. The molecule has 2 aromatic carbocycles. The molecule has 3 aromatic rings. The van der Waals surface area contributed by atoms with Crippen molar-refractivity contribution >= 4 is 17.5 Å². The van der Waals surface area contributed by atoms with Gasteiger partial charge in [0, 0.05) is 11.8 Å². The number of hydrogen-bond donors (Lipinski definition) is 3. The van der Waals surface area contributed by atoms with Crippen LogP contribution in [0.1, 0.15) is 44.0 Å². The van der Waals surface area contributed by atoms with Crippen LogP contribution in [-0.2, 0) is 6.42 Å². The predicted octanol–water partition coefficient (Wildman–Crippen LogP) is 3.87. The standard InChI is InChI=1S/C21H18N2O4/c24-20(25)16-6-4-14(5-7-16)2-1-3-18(19-12-22-13-23-19)15-8-10-17(11-9-15)21(26)27/h3-13H,1-2H2,(H,22,23)(H,24,25)(H,26,27)/b18-3+. The number of aryl methyl sites for hydroxylation is 1. The first kappa shape index (κ1) is 18.1. The summed E-state index contributed by atoms with van der Waals surface area (Å²) >= 11 is 0. The van der Waals surface area contributed by atoms with Crippen molar-refractivity contribution in [1.29, 1.82) is 0 Å². The second-order valence-electron chi connectivity index (χ2n) is 6.00. The second-order valence-corrected chi connectivity index (χ2v) is 6.00. The van der Waals surface area contributed by atoms with Crippen LogP contribution in [0, 0.1) is 0 Å². The lowest BCUT2D eigenvalue weighted by atomic mass is 9.99. The van der Waals surface area contributed by atoms with E-state index in [2.05, 4.69) is 16.0 Å². The number of benzene rings is 2. The van der Waals surface area contributed by atoms with Crippen LogP contribution >= 0.6 is 0 Å². The van der Waals surface area contributed by atoms with Crippen molar-refractivity contribution in [1.82, 2.24) is 9.97 Å². The fraction of sp³-hybridized carbons (Fsp3) is 0.0952. The minimum absolute atomic E-state index is 0.235. The van der Waals surface area contributed by atoms with Gasteiger partial charge in [0.25, 0.3) is 0 Å². The number of hydrogen-bond acceptors (Lipinski definition) is 3. The Balaban J connectivity index is 1.79. The number of carboxylic acids is 2. The summed E-state index contributed by atoms with van der Waals surface area (Å²) in [5.74, 6) is -1.90. The maximum atomic E-state index is 11.0. The van der Waals surface area contributed by atoms with Crippen molar-refractivity contribution in [3.8, 4) is 0 Å². The predicted molar refractivity (Wildman–Crippen MR) is 101 cm³/mol. The van der Waals surface area contributed by atoms with Gasteiger partial charge in [-0.05, 0) is 48.2 Å². The molecule has 0 fully saturated rings. The van der Waals surface area contributed by atoms with Crippen LogP contribution in [0.3, 0.4) is 0 Å². The molecule has 0 aliphatic carbocycles. The van der Waals surface area contributed by atoms with Crippen LogP contribution in [0.15, 0.2) is 67.1 Å². The Labute approximate surface area is 155 Å². The van der Waals surface area contributed by atoms with Gasteiger partial charge in [0.15, 0.2) is 0 Å². The Bertz CT molecular complexity index is 956. The molecule has 136 valence electrons. The third-order valence-electron chi connectivity index (χ3n) is 4.20. The molecule has 3 rings (SSSR count). The van der Waals surface area contributed by atoms with Crippen LogP contribution in [0.5, 0.6) is 0 Å². The zero-order valence-corrected chi connectivity index (χ0v) is 14.4. The molecule has 6 heteroatoms. The van der Waals surface area contributed by atoms with E-state index in [1.807, 2.05) is 12.1 Å². The van der Waals surface area contributed by atoms with E-state index in [0.29, 0.717) is 0 Å². The zero-order valence-electron chi connectivity index (χ0n) is 14.4. The third kappa shape index (κ3) is 4.49. The minimum atomic E-state index is -0.961. The Hall–Kier alpha value is -3.67. The van der Waals surface area contributed by atoms with Crippen molar-refractivity contribution in [2.75, 3.05) is 0 Å². The molecule has 0 saturated carbocycles. The van der Waals surface area contributed by atoms with Gasteiger partial charge in [-0.3, -0.25) is 0 Å². The number of aromatic nitrogens is 2. The fourth-order valence-corrected chi connectivity index (χ4v) is 2.77. The molecule has 3 N–H and O–H groups in total. The number of allylic oxidation sites excluding steroid dienone is 1. The summed E-state index contributed by atoms with van der Waals surface area (Å²) in [7, 11) is 0. The second kappa shape index (κ2) is 8.14. The van der Waals surface area contributed by atoms with E-state index < -0.39 is 11.9 Å². The summed E-state index contributed by atoms with van der Waals surface area (Å²) in [4.78, 5) is 29.2. The highest BCUT2D eigenvalue weighted by atomic mass is 16.4. The Kier molecular flexibility index (Phi) is 5.47. The molecule has 27 heavy (non-hydrogen) atoms.